The Bertz CT molecular complexity index is 950. The molecule has 2 rings (SSSR count). The number of sulfonamides is 1. The van der Waals surface area contributed by atoms with Crippen molar-refractivity contribution in [2.45, 2.75) is 4.90 Å². The average Bonchev–Trinajstić information content (AvgIpc) is 2.56. The molecule has 0 heterocycles. The van der Waals surface area contributed by atoms with Gasteiger partial charge in [-0.15, -0.1) is 0 Å². The Hall–Kier alpha value is -2.33. The lowest BCUT2D eigenvalue weighted by Crippen LogP contribution is -2.35. The van der Waals surface area contributed by atoms with Crippen LogP contribution in [0.5, 0.6) is 0 Å². The van der Waals surface area contributed by atoms with E-state index in [9.17, 15) is 18.0 Å². The molecule has 2 aromatic rings. The summed E-state index contributed by atoms with van der Waals surface area (Å²) in [4.78, 5) is 23.5. The molecule has 0 aliphatic rings. The standard InChI is InChI=1S/C15H14Cl2N4O4S/c16-9-4-5-12(17)13(6-9)21-14(22)8-19-15(23)20-10-2-1-3-11(7-10)26(18,24)25/h1-7H,8H2,(H,21,22)(H2,18,24,25)(H2,19,20,23). The second kappa shape index (κ2) is 8.37. The van der Waals surface area contributed by atoms with Gasteiger partial charge in [0.1, 0.15) is 0 Å². The lowest BCUT2D eigenvalue weighted by Gasteiger charge is -2.10. The van der Waals surface area contributed by atoms with Crippen LogP contribution in [0.4, 0.5) is 16.2 Å². The van der Waals surface area contributed by atoms with Crippen LogP contribution in [0.25, 0.3) is 0 Å². The molecule has 0 saturated heterocycles. The Balaban J connectivity index is 1.90. The molecule has 26 heavy (non-hydrogen) atoms. The van der Waals surface area contributed by atoms with Crippen LogP contribution in [0.2, 0.25) is 10.0 Å². The van der Waals surface area contributed by atoms with Crippen molar-refractivity contribution in [2.24, 2.45) is 5.14 Å². The predicted molar refractivity (Wildman–Crippen MR) is 99.9 cm³/mol. The number of carbonyl (C=O) groups excluding carboxylic acids is 2. The third kappa shape index (κ3) is 5.88. The molecule has 8 nitrogen and oxygen atoms in total. The zero-order chi connectivity index (χ0) is 19.3. The van der Waals surface area contributed by atoms with E-state index in [0.29, 0.717) is 15.7 Å². The van der Waals surface area contributed by atoms with E-state index in [-0.39, 0.29) is 17.1 Å². The van der Waals surface area contributed by atoms with Crippen LogP contribution in [0, 0.1) is 0 Å². The topological polar surface area (TPSA) is 130 Å². The highest BCUT2D eigenvalue weighted by Gasteiger charge is 2.11. The zero-order valence-electron chi connectivity index (χ0n) is 13.1. The number of carbonyl (C=O) groups is 2. The molecule has 0 saturated carbocycles. The van der Waals surface area contributed by atoms with Gasteiger partial charge in [-0.25, -0.2) is 18.4 Å². The molecule has 2 aromatic carbocycles. The van der Waals surface area contributed by atoms with Gasteiger partial charge in [-0.1, -0.05) is 29.3 Å². The number of halogens is 2. The quantitative estimate of drug-likeness (QED) is 0.595. The van der Waals surface area contributed by atoms with Gasteiger partial charge >= 0.3 is 6.03 Å². The van der Waals surface area contributed by atoms with E-state index in [1.807, 2.05) is 0 Å². The highest BCUT2D eigenvalue weighted by Crippen LogP contribution is 2.25. The highest BCUT2D eigenvalue weighted by atomic mass is 35.5. The summed E-state index contributed by atoms with van der Waals surface area (Å²) in [6.07, 6.45) is 0. The van der Waals surface area contributed by atoms with Crippen molar-refractivity contribution in [1.82, 2.24) is 5.32 Å². The van der Waals surface area contributed by atoms with Gasteiger partial charge in [-0.05, 0) is 36.4 Å². The monoisotopic (exact) mass is 416 g/mol. The third-order valence-electron chi connectivity index (χ3n) is 3.03. The summed E-state index contributed by atoms with van der Waals surface area (Å²) in [6, 6.07) is 9.24. The molecule has 0 bridgehead atoms. The van der Waals surface area contributed by atoms with Crippen LogP contribution in [0.15, 0.2) is 47.4 Å². The van der Waals surface area contributed by atoms with Crippen molar-refractivity contribution in [3.63, 3.8) is 0 Å². The fourth-order valence-corrected chi connectivity index (χ4v) is 2.77. The summed E-state index contributed by atoms with van der Waals surface area (Å²) in [5.41, 5.74) is 0.513. The van der Waals surface area contributed by atoms with Crippen LogP contribution in [0.3, 0.4) is 0 Å². The van der Waals surface area contributed by atoms with Crippen LogP contribution in [0.1, 0.15) is 0 Å². The van der Waals surface area contributed by atoms with Crippen molar-refractivity contribution in [3.05, 3.63) is 52.5 Å². The first-order valence-corrected chi connectivity index (χ1v) is 9.38. The van der Waals surface area contributed by atoms with Crippen LogP contribution in [-0.4, -0.2) is 26.9 Å². The third-order valence-corrected chi connectivity index (χ3v) is 4.51. The van der Waals surface area contributed by atoms with Crippen molar-refractivity contribution in [3.8, 4) is 0 Å². The molecule has 0 aromatic heterocycles. The molecule has 3 amide bonds. The number of nitrogens with one attached hydrogen (secondary N) is 3. The maximum Gasteiger partial charge on any atom is 0.319 e. The van der Waals surface area contributed by atoms with Gasteiger partial charge in [-0.3, -0.25) is 4.79 Å². The van der Waals surface area contributed by atoms with E-state index in [1.165, 1.54) is 36.4 Å². The number of primary sulfonamides is 1. The first kappa shape index (κ1) is 20.0. The van der Waals surface area contributed by atoms with E-state index in [2.05, 4.69) is 16.0 Å². The van der Waals surface area contributed by atoms with Crippen LogP contribution >= 0.6 is 23.2 Å². The largest absolute Gasteiger partial charge is 0.329 e. The Morgan fingerprint density at radius 3 is 2.46 bits per heavy atom. The van der Waals surface area contributed by atoms with E-state index >= 15 is 0 Å². The molecule has 0 spiro atoms. The number of urea groups is 1. The normalized spacial score (nSPS) is 10.9. The van der Waals surface area contributed by atoms with Gasteiger partial charge < -0.3 is 16.0 Å². The fraction of sp³-hybridized carbons (Fsp3) is 0.0667. The summed E-state index contributed by atoms with van der Waals surface area (Å²) in [7, 11) is -3.89. The molecule has 0 atom stereocenters. The van der Waals surface area contributed by atoms with Gasteiger partial charge in [0.05, 0.1) is 22.2 Å². The smallest absolute Gasteiger partial charge is 0.319 e. The number of hydrogen-bond donors (Lipinski definition) is 4. The van der Waals surface area contributed by atoms with Crippen LogP contribution < -0.4 is 21.1 Å². The second-order valence-electron chi connectivity index (χ2n) is 5.05. The summed E-state index contributed by atoms with van der Waals surface area (Å²) in [5.74, 6) is -0.525. The number of hydrogen-bond acceptors (Lipinski definition) is 4. The first-order valence-electron chi connectivity index (χ1n) is 7.08. The Kier molecular flexibility index (Phi) is 6.43. The molecule has 138 valence electrons. The fourth-order valence-electron chi connectivity index (χ4n) is 1.87. The zero-order valence-corrected chi connectivity index (χ0v) is 15.5. The maximum absolute atomic E-state index is 11.9. The molecular weight excluding hydrogens is 403 g/mol. The van der Waals surface area contributed by atoms with Crippen molar-refractivity contribution in [1.29, 1.82) is 0 Å². The first-order chi connectivity index (χ1) is 12.1. The summed E-state index contributed by atoms with van der Waals surface area (Å²) < 4.78 is 22.6. The Labute approximate surface area is 159 Å². The van der Waals surface area contributed by atoms with Gasteiger partial charge in [-0.2, -0.15) is 0 Å². The van der Waals surface area contributed by atoms with Crippen molar-refractivity contribution >= 4 is 56.5 Å². The molecule has 5 N–H and O–H groups in total. The average molecular weight is 417 g/mol. The van der Waals surface area contributed by atoms with Crippen LogP contribution in [-0.2, 0) is 14.8 Å². The molecule has 0 unspecified atom stereocenters. The molecule has 0 aliphatic heterocycles. The number of benzene rings is 2. The SMILES string of the molecule is NS(=O)(=O)c1cccc(NC(=O)NCC(=O)Nc2cc(Cl)ccc2Cl)c1. The minimum atomic E-state index is -3.89. The number of nitrogens with two attached hydrogens (primary N) is 1. The van der Waals surface area contributed by atoms with E-state index in [4.69, 9.17) is 28.3 Å². The van der Waals surface area contributed by atoms with Gasteiger partial charge in [0.25, 0.3) is 0 Å². The minimum absolute atomic E-state index is 0.149. The predicted octanol–water partition coefficient (Wildman–Crippen LogP) is 2.40. The molecule has 0 fully saturated rings. The summed E-state index contributed by atoms with van der Waals surface area (Å²) in [5, 5.41) is 12.9. The Morgan fingerprint density at radius 1 is 1.04 bits per heavy atom. The second-order valence-corrected chi connectivity index (χ2v) is 7.46. The molecule has 11 heteroatoms. The highest BCUT2D eigenvalue weighted by molar-refractivity contribution is 7.89. The van der Waals surface area contributed by atoms with E-state index < -0.39 is 22.0 Å². The minimum Gasteiger partial charge on any atom is -0.329 e. The van der Waals surface area contributed by atoms with E-state index in [1.54, 1.807) is 6.07 Å². The molecule has 0 aliphatic carbocycles. The molecule has 0 radical (unpaired) electrons. The number of anilines is 2. The summed E-state index contributed by atoms with van der Waals surface area (Å²) >= 11 is 11.8. The lowest BCUT2D eigenvalue weighted by molar-refractivity contribution is -0.115. The molecular formula is C15H14Cl2N4O4S. The van der Waals surface area contributed by atoms with Crippen molar-refractivity contribution < 1.29 is 18.0 Å². The van der Waals surface area contributed by atoms with Crippen molar-refractivity contribution in [2.75, 3.05) is 17.2 Å². The van der Waals surface area contributed by atoms with Gasteiger partial charge in [0.2, 0.25) is 15.9 Å². The summed E-state index contributed by atoms with van der Waals surface area (Å²) in [6.45, 7) is -0.344. The Morgan fingerprint density at radius 2 is 1.77 bits per heavy atom. The number of amides is 3. The van der Waals surface area contributed by atoms with Gasteiger partial charge in [0, 0.05) is 10.7 Å². The number of rotatable bonds is 5. The lowest BCUT2D eigenvalue weighted by atomic mass is 10.3. The van der Waals surface area contributed by atoms with E-state index in [0.717, 1.165) is 0 Å². The maximum atomic E-state index is 11.9. The van der Waals surface area contributed by atoms with Gasteiger partial charge in [0.15, 0.2) is 0 Å².